The van der Waals surface area contributed by atoms with Gasteiger partial charge in [0.05, 0.1) is 11.6 Å². The molecule has 2 heteroatoms. The summed E-state index contributed by atoms with van der Waals surface area (Å²) in [6.07, 6.45) is 2.81. The Morgan fingerprint density at radius 3 is 2.38 bits per heavy atom. The average molecular weight is 215 g/mol. The third kappa shape index (κ3) is 3.60. The van der Waals surface area contributed by atoms with Crippen molar-refractivity contribution in [2.24, 2.45) is 5.73 Å². The SMILES string of the molecule is CC(C)(N)C#Cc1ccc(OC2CC2)cc1. The quantitative estimate of drug-likeness (QED) is 0.768. The van der Waals surface area contributed by atoms with Crippen molar-refractivity contribution in [2.45, 2.75) is 38.3 Å². The first-order valence-electron chi connectivity index (χ1n) is 5.62. The first-order valence-corrected chi connectivity index (χ1v) is 5.62. The summed E-state index contributed by atoms with van der Waals surface area (Å²) in [6.45, 7) is 3.79. The maximum absolute atomic E-state index is 5.79. The van der Waals surface area contributed by atoms with Gasteiger partial charge in [-0.2, -0.15) is 0 Å². The first kappa shape index (κ1) is 11.0. The Morgan fingerprint density at radius 1 is 1.25 bits per heavy atom. The minimum absolute atomic E-state index is 0.441. The first-order chi connectivity index (χ1) is 7.53. The van der Waals surface area contributed by atoms with Crippen molar-refractivity contribution in [1.29, 1.82) is 0 Å². The van der Waals surface area contributed by atoms with Gasteiger partial charge in [0.1, 0.15) is 5.75 Å². The molecule has 84 valence electrons. The third-order valence-electron chi connectivity index (χ3n) is 2.21. The number of hydrogen-bond acceptors (Lipinski definition) is 2. The van der Waals surface area contributed by atoms with Crippen LogP contribution in [0.2, 0.25) is 0 Å². The Balaban J connectivity index is 2.02. The smallest absolute Gasteiger partial charge is 0.119 e. The lowest BCUT2D eigenvalue weighted by atomic mass is 10.1. The summed E-state index contributed by atoms with van der Waals surface area (Å²) < 4.78 is 5.65. The van der Waals surface area contributed by atoms with Crippen LogP contribution in [0.4, 0.5) is 0 Å². The number of hydrogen-bond donors (Lipinski definition) is 1. The minimum Gasteiger partial charge on any atom is -0.490 e. The molecule has 1 fully saturated rings. The molecular formula is C14H17NO. The van der Waals surface area contributed by atoms with Gasteiger partial charge in [-0.1, -0.05) is 11.8 Å². The molecule has 2 rings (SSSR count). The summed E-state index contributed by atoms with van der Waals surface area (Å²) in [7, 11) is 0. The number of nitrogens with two attached hydrogens (primary N) is 1. The Bertz CT molecular complexity index is 413. The Morgan fingerprint density at radius 2 is 1.88 bits per heavy atom. The second kappa shape index (κ2) is 4.19. The van der Waals surface area contributed by atoms with Crippen LogP contribution in [0.3, 0.4) is 0 Å². The fourth-order valence-corrected chi connectivity index (χ4v) is 1.23. The molecule has 0 heterocycles. The molecule has 0 atom stereocenters. The van der Waals surface area contributed by atoms with E-state index in [-0.39, 0.29) is 0 Å². The van der Waals surface area contributed by atoms with E-state index >= 15 is 0 Å². The molecule has 1 aliphatic rings. The number of rotatable bonds is 2. The normalized spacial score (nSPS) is 15.2. The average Bonchev–Trinajstić information content (AvgIpc) is 3.00. The van der Waals surface area contributed by atoms with Gasteiger partial charge >= 0.3 is 0 Å². The van der Waals surface area contributed by atoms with E-state index in [0.29, 0.717) is 6.10 Å². The summed E-state index contributed by atoms with van der Waals surface area (Å²) in [5.74, 6) is 6.98. The van der Waals surface area contributed by atoms with Crippen LogP contribution in [0, 0.1) is 11.8 Å². The summed E-state index contributed by atoms with van der Waals surface area (Å²) in [6, 6.07) is 7.87. The molecular weight excluding hydrogens is 198 g/mol. The Labute approximate surface area is 96.8 Å². The maximum Gasteiger partial charge on any atom is 0.119 e. The highest BCUT2D eigenvalue weighted by Gasteiger charge is 2.23. The zero-order chi connectivity index (χ0) is 11.6. The molecule has 1 saturated carbocycles. The second-order valence-corrected chi connectivity index (χ2v) is 4.81. The van der Waals surface area contributed by atoms with Crippen molar-refractivity contribution in [3.8, 4) is 17.6 Å². The van der Waals surface area contributed by atoms with Crippen LogP contribution in [-0.4, -0.2) is 11.6 Å². The van der Waals surface area contributed by atoms with Crippen molar-refractivity contribution in [1.82, 2.24) is 0 Å². The molecule has 0 saturated heterocycles. The van der Waals surface area contributed by atoms with Gasteiger partial charge in [0.25, 0.3) is 0 Å². The molecule has 1 aromatic rings. The van der Waals surface area contributed by atoms with Crippen LogP contribution in [0.15, 0.2) is 24.3 Å². The summed E-state index contributed by atoms with van der Waals surface area (Å²) in [5.41, 5.74) is 6.32. The fourth-order valence-electron chi connectivity index (χ4n) is 1.23. The minimum atomic E-state index is -0.441. The monoisotopic (exact) mass is 215 g/mol. The van der Waals surface area contributed by atoms with E-state index in [4.69, 9.17) is 10.5 Å². The molecule has 2 N–H and O–H groups in total. The van der Waals surface area contributed by atoms with E-state index in [1.54, 1.807) is 0 Å². The van der Waals surface area contributed by atoms with Gasteiger partial charge in [-0.05, 0) is 51.0 Å². The van der Waals surface area contributed by atoms with E-state index < -0.39 is 5.54 Å². The van der Waals surface area contributed by atoms with E-state index in [2.05, 4.69) is 11.8 Å². The lowest BCUT2D eigenvalue weighted by Crippen LogP contribution is -2.29. The van der Waals surface area contributed by atoms with Gasteiger partial charge in [-0.3, -0.25) is 0 Å². The topological polar surface area (TPSA) is 35.2 Å². The number of benzene rings is 1. The fraction of sp³-hybridized carbons (Fsp3) is 0.429. The van der Waals surface area contributed by atoms with Crippen molar-refractivity contribution >= 4 is 0 Å². The van der Waals surface area contributed by atoms with E-state index in [1.807, 2.05) is 38.1 Å². The summed E-state index contributed by atoms with van der Waals surface area (Å²) in [4.78, 5) is 0. The highest BCUT2D eigenvalue weighted by atomic mass is 16.5. The molecule has 0 aromatic heterocycles. The molecule has 0 unspecified atom stereocenters. The van der Waals surface area contributed by atoms with Crippen molar-refractivity contribution in [3.63, 3.8) is 0 Å². The predicted molar refractivity (Wildman–Crippen MR) is 65.2 cm³/mol. The van der Waals surface area contributed by atoms with Crippen LogP contribution in [-0.2, 0) is 0 Å². The van der Waals surface area contributed by atoms with Crippen LogP contribution in [0.1, 0.15) is 32.3 Å². The molecule has 0 bridgehead atoms. The molecule has 2 nitrogen and oxygen atoms in total. The zero-order valence-corrected chi connectivity index (χ0v) is 9.79. The van der Waals surface area contributed by atoms with Gasteiger partial charge in [-0.25, -0.2) is 0 Å². The van der Waals surface area contributed by atoms with E-state index in [0.717, 1.165) is 11.3 Å². The molecule has 0 aliphatic heterocycles. The third-order valence-corrected chi connectivity index (χ3v) is 2.21. The van der Waals surface area contributed by atoms with Gasteiger partial charge in [0, 0.05) is 5.56 Å². The van der Waals surface area contributed by atoms with Gasteiger partial charge in [0.2, 0.25) is 0 Å². The lowest BCUT2D eigenvalue weighted by Gasteiger charge is -2.07. The second-order valence-electron chi connectivity index (χ2n) is 4.81. The van der Waals surface area contributed by atoms with Crippen LogP contribution in [0.5, 0.6) is 5.75 Å². The van der Waals surface area contributed by atoms with Crippen molar-refractivity contribution in [3.05, 3.63) is 29.8 Å². The van der Waals surface area contributed by atoms with E-state index in [9.17, 15) is 0 Å². The standard InChI is InChI=1S/C14H17NO/c1-14(2,15)10-9-11-3-5-12(6-4-11)16-13-7-8-13/h3-6,13H,7-8,15H2,1-2H3. The molecule has 0 amide bonds. The zero-order valence-electron chi connectivity index (χ0n) is 9.79. The molecule has 0 radical (unpaired) electrons. The van der Waals surface area contributed by atoms with Crippen LogP contribution in [0.25, 0.3) is 0 Å². The van der Waals surface area contributed by atoms with Crippen LogP contribution >= 0.6 is 0 Å². The van der Waals surface area contributed by atoms with Gasteiger partial charge < -0.3 is 10.5 Å². The largest absolute Gasteiger partial charge is 0.490 e. The van der Waals surface area contributed by atoms with Crippen molar-refractivity contribution in [2.75, 3.05) is 0 Å². The maximum atomic E-state index is 5.79. The molecule has 16 heavy (non-hydrogen) atoms. The summed E-state index contributed by atoms with van der Waals surface area (Å²) in [5, 5.41) is 0. The molecule has 0 spiro atoms. The number of ether oxygens (including phenoxy) is 1. The highest BCUT2D eigenvalue weighted by molar-refractivity contribution is 5.39. The van der Waals surface area contributed by atoms with Crippen molar-refractivity contribution < 1.29 is 4.74 Å². The predicted octanol–water partition coefficient (Wildman–Crippen LogP) is 2.32. The van der Waals surface area contributed by atoms with Crippen LogP contribution < -0.4 is 10.5 Å². The van der Waals surface area contributed by atoms with E-state index in [1.165, 1.54) is 12.8 Å². The van der Waals surface area contributed by atoms with Gasteiger partial charge in [0.15, 0.2) is 0 Å². The lowest BCUT2D eigenvalue weighted by molar-refractivity contribution is 0.303. The van der Waals surface area contributed by atoms with Gasteiger partial charge in [-0.15, -0.1) is 0 Å². The Kier molecular flexibility index (Phi) is 2.89. The highest BCUT2D eigenvalue weighted by Crippen LogP contribution is 2.26. The molecule has 1 aliphatic carbocycles. The summed E-state index contributed by atoms with van der Waals surface area (Å²) >= 11 is 0. The Hall–Kier alpha value is -1.46. The molecule has 1 aromatic carbocycles.